The number of methoxy groups -OCH3 is 1. The zero-order valence-corrected chi connectivity index (χ0v) is 15.0. The van der Waals surface area contributed by atoms with Crippen molar-refractivity contribution in [1.82, 2.24) is 0 Å². The average molecular weight is 364 g/mol. The molecular formula is C18H22BrNO2. The molecule has 0 amide bonds. The molecule has 118 valence electrons. The number of hydrogen-bond acceptors (Lipinski definition) is 3. The first-order chi connectivity index (χ1) is 10.5. The van der Waals surface area contributed by atoms with Crippen LogP contribution in [0.5, 0.6) is 11.5 Å². The number of anilines is 1. The Morgan fingerprint density at radius 3 is 2.36 bits per heavy atom. The van der Waals surface area contributed by atoms with Gasteiger partial charge < -0.3 is 14.8 Å². The molecule has 0 bridgehead atoms. The Balaban J connectivity index is 2.26. The summed E-state index contributed by atoms with van der Waals surface area (Å²) in [5.41, 5.74) is 3.38. The Morgan fingerprint density at radius 1 is 1.09 bits per heavy atom. The highest BCUT2D eigenvalue weighted by Crippen LogP contribution is 2.37. The van der Waals surface area contributed by atoms with Crippen molar-refractivity contribution in [2.75, 3.05) is 12.4 Å². The minimum absolute atomic E-state index is 0.0846. The lowest BCUT2D eigenvalue weighted by molar-refractivity contribution is 0.227. The van der Waals surface area contributed by atoms with Crippen LogP contribution in [-0.4, -0.2) is 13.2 Å². The average Bonchev–Trinajstić information content (AvgIpc) is 2.48. The zero-order chi connectivity index (χ0) is 16.1. The third-order valence-electron chi connectivity index (χ3n) is 3.26. The van der Waals surface area contributed by atoms with Crippen LogP contribution in [0.1, 0.15) is 25.0 Å². The predicted molar refractivity (Wildman–Crippen MR) is 95.0 cm³/mol. The third-order valence-corrected chi connectivity index (χ3v) is 4.00. The molecule has 2 aromatic rings. The number of benzene rings is 2. The van der Waals surface area contributed by atoms with Gasteiger partial charge in [0, 0.05) is 22.3 Å². The summed E-state index contributed by atoms with van der Waals surface area (Å²) >= 11 is 3.61. The summed E-state index contributed by atoms with van der Waals surface area (Å²) in [6.07, 6.45) is 0.0846. The van der Waals surface area contributed by atoms with Gasteiger partial charge in [-0.3, -0.25) is 0 Å². The first kappa shape index (κ1) is 16.7. The van der Waals surface area contributed by atoms with Crippen molar-refractivity contribution in [3.63, 3.8) is 0 Å². The van der Waals surface area contributed by atoms with Gasteiger partial charge in [-0.2, -0.15) is 0 Å². The normalized spacial score (nSPS) is 10.6. The fourth-order valence-electron chi connectivity index (χ4n) is 2.13. The molecule has 22 heavy (non-hydrogen) atoms. The van der Waals surface area contributed by atoms with Gasteiger partial charge in [-0.05, 0) is 45.0 Å². The Bertz CT molecular complexity index is 624. The molecule has 0 heterocycles. The summed E-state index contributed by atoms with van der Waals surface area (Å²) in [4.78, 5) is 0. The van der Waals surface area contributed by atoms with Gasteiger partial charge in [0.15, 0.2) is 11.5 Å². The Kier molecular flexibility index (Phi) is 5.72. The van der Waals surface area contributed by atoms with E-state index >= 15 is 0 Å². The molecule has 4 heteroatoms. The van der Waals surface area contributed by atoms with Crippen molar-refractivity contribution in [2.24, 2.45) is 0 Å². The minimum Gasteiger partial charge on any atom is -0.493 e. The molecule has 0 radical (unpaired) electrons. The van der Waals surface area contributed by atoms with Crippen molar-refractivity contribution in [3.05, 3.63) is 52.0 Å². The minimum atomic E-state index is 0.0846. The number of nitrogens with one attached hydrogen (secondary N) is 1. The smallest absolute Gasteiger partial charge is 0.167 e. The summed E-state index contributed by atoms with van der Waals surface area (Å²) in [5.74, 6) is 1.53. The van der Waals surface area contributed by atoms with Crippen LogP contribution in [0.3, 0.4) is 0 Å². The molecule has 2 rings (SSSR count). The number of halogens is 1. The molecule has 0 fully saturated rings. The molecule has 0 saturated carbocycles. The summed E-state index contributed by atoms with van der Waals surface area (Å²) < 4.78 is 12.4. The van der Waals surface area contributed by atoms with Crippen LogP contribution in [0.2, 0.25) is 0 Å². The van der Waals surface area contributed by atoms with Crippen LogP contribution in [-0.2, 0) is 6.54 Å². The van der Waals surface area contributed by atoms with Gasteiger partial charge in [-0.25, -0.2) is 0 Å². The van der Waals surface area contributed by atoms with Gasteiger partial charge in [0.2, 0.25) is 0 Å². The summed E-state index contributed by atoms with van der Waals surface area (Å²) in [5, 5.41) is 3.43. The maximum atomic E-state index is 5.96. The highest BCUT2D eigenvalue weighted by Gasteiger charge is 2.15. The zero-order valence-electron chi connectivity index (χ0n) is 13.4. The molecule has 0 atom stereocenters. The Hall–Kier alpha value is -1.68. The Morgan fingerprint density at radius 2 is 1.77 bits per heavy atom. The topological polar surface area (TPSA) is 30.5 Å². The van der Waals surface area contributed by atoms with Crippen molar-refractivity contribution in [3.8, 4) is 11.5 Å². The van der Waals surface area contributed by atoms with Crippen LogP contribution in [0, 0.1) is 6.92 Å². The van der Waals surface area contributed by atoms with E-state index in [0.29, 0.717) is 6.54 Å². The molecule has 0 spiro atoms. The van der Waals surface area contributed by atoms with Crippen LogP contribution in [0.25, 0.3) is 0 Å². The third kappa shape index (κ3) is 4.17. The van der Waals surface area contributed by atoms with Crippen molar-refractivity contribution in [2.45, 2.75) is 33.4 Å². The van der Waals surface area contributed by atoms with E-state index in [0.717, 1.165) is 27.2 Å². The fraction of sp³-hybridized carbons (Fsp3) is 0.333. The maximum absolute atomic E-state index is 5.96. The Labute approximate surface area is 140 Å². The van der Waals surface area contributed by atoms with Gasteiger partial charge in [0.05, 0.1) is 13.2 Å². The van der Waals surface area contributed by atoms with Gasteiger partial charge in [0.25, 0.3) is 0 Å². The number of ether oxygens (including phenoxy) is 2. The van der Waals surface area contributed by atoms with Crippen LogP contribution in [0.4, 0.5) is 5.69 Å². The molecule has 0 unspecified atom stereocenters. The predicted octanol–water partition coefficient (Wildman–Crippen LogP) is 5.17. The maximum Gasteiger partial charge on any atom is 0.167 e. The molecule has 0 aliphatic carbocycles. The van der Waals surface area contributed by atoms with Crippen LogP contribution < -0.4 is 14.8 Å². The fourth-order valence-corrected chi connectivity index (χ4v) is 2.59. The van der Waals surface area contributed by atoms with E-state index in [4.69, 9.17) is 9.47 Å². The lowest BCUT2D eigenvalue weighted by Crippen LogP contribution is -2.11. The van der Waals surface area contributed by atoms with E-state index in [9.17, 15) is 0 Å². The molecule has 0 aliphatic heterocycles. The second-order valence-corrected chi connectivity index (χ2v) is 6.30. The number of rotatable bonds is 6. The lowest BCUT2D eigenvalue weighted by Gasteiger charge is -2.19. The SMILES string of the molecule is COc1ccc(Br)c(CNc2ccc(C)cc2)c1OC(C)C. The van der Waals surface area contributed by atoms with E-state index in [-0.39, 0.29) is 6.10 Å². The second-order valence-electron chi connectivity index (χ2n) is 5.44. The first-order valence-corrected chi connectivity index (χ1v) is 8.13. The molecule has 2 aromatic carbocycles. The van der Waals surface area contributed by atoms with Gasteiger partial charge in [0.1, 0.15) is 0 Å². The van der Waals surface area contributed by atoms with E-state index in [2.05, 4.69) is 52.4 Å². The molecule has 3 nitrogen and oxygen atoms in total. The van der Waals surface area contributed by atoms with E-state index < -0.39 is 0 Å². The summed E-state index contributed by atoms with van der Waals surface area (Å²) in [6, 6.07) is 12.2. The van der Waals surface area contributed by atoms with Crippen LogP contribution in [0.15, 0.2) is 40.9 Å². The number of aryl methyl sites for hydroxylation is 1. The number of hydrogen-bond donors (Lipinski definition) is 1. The molecule has 0 saturated heterocycles. The van der Waals surface area contributed by atoms with Crippen molar-refractivity contribution < 1.29 is 9.47 Å². The van der Waals surface area contributed by atoms with E-state index in [1.165, 1.54) is 5.56 Å². The molecule has 1 N–H and O–H groups in total. The van der Waals surface area contributed by atoms with E-state index in [1.807, 2.05) is 26.0 Å². The molecule has 0 aromatic heterocycles. The van der Waals surface area contributed by atoms with E-state index in [1.54, 1.807) is 7.11 Å². The second kappa shape index (κ2) is 7.54. The summed E-state index contributed by atoms with van der Waals surface area (Å²) in [6.45, 7) is 6.76. The standard InChI is InChI=1S/C18H22BrNO2/c1-12(2)22-18-15(16(19)9-10-17(18)21-4)11-20-14-7-5-13(3)6-8-14/h5-10,12,20H,11H2,1-4H3. The highest BCUT2D eigenvalue weighted by atomic mass is 79.9. The van der Waals surface area contributed by atoms with Gasteiger partial charge >= 0.3 is 0 Å². The molecular weight excluding hydrogens is 342 g/mol. The van der Waals surface area contributed by atoms with Crippen LogP contribution >= 0.6 is 15.9 Å². The van der Waals surface area contributed by atoms with Crippen molar-refractivity contribution in [1.29, 1.82) is 0 Å². The lowest BCUT2D eigenvalue weighted by atomic mass is 10.1. The monoisotopic (exact) mass is 363 g/mol. The van der Waals surface area contributed by atoms with Crippen molar-refractivity contribution >= 4 is 21.6 Å². The first-order valence-electron chi connectivity index (χ1n) is 7.34. The van der Waals surface area contributed by atoms with Gasteiger partial charge in [-0.15, -0.1) is 0 Å². The quantitative estimate of drug-likeness (QED) is 0.768. The highest BCUT2D eigenvalue weighted by molar-refractivity contribution is 9.10. The molecule has 0 aliphatic rings. The summed E-state index contributed by atoms with van der Waals surface area (Å²) in [7, 11) is 1.66. The largest absolute Gasteiger partial charge is 0.493 e. The van der Waals surface area contributed by atoms with Gasteiger partial charge in [-0.1, -0.05) is 33.6 Å².